The minimum Gasteiger partial charge on any atom is -0.458 e. The first-order valence-corrected chi connectivity index (χ1v) is 14.2. The number of hydrogen-bond acceptors (Lipinski definition) is 7. The van der Waals surface area contributed by atoms with Crippen molar-refractivity contribution in [2.75, 3.05) is 13.1 Å². The fourth-order valence-corrected chi connectivity index (χ4v) is 6.69. The Morgan fingerprint density at radius 1 is 1.18 bits per heavy atom. The number of aliphatic hydroxyl groups is 2. The van der Waals surface area contributed by atoms with Crippen LogP contribution >= 0.6 is 0 Å². The summed E-state index contributed by atoms with van der Waals surface area (Å²) in [5.41, 5.74) is 2.35. The molecule has 6 rings (SSSR count). The quantitative estimate of drug-likeness (QED) is 0.365. The van der Waals surface area contributed by atoms with E-state index in [1.54, 1.807) is 24.5 Å². The molecule has 0 aliphatic carbocycles. The number of carbonyl (C=O) groups is 1. The van der Waals surface area contributed by atoms with Crippen molar-refractivity contribution in [3.63, 3.8) is 0 Å². The maximum absolute atomic E-state index is 14.7. The molecule has 1 unspecified atom stereocenters. The Labute approximate surface area is 232 Å². The highest BCUT2D eigenvalue weighted by molar-refractivity contribution is 5.89. The average molecular weight is 550 g/mol. The number of ether oxygens (including phenoxy) is 1. The van der Waals surface area contributed by atoms with E-state index in [0.29, 0.717) is 35.6 Å². The van der Waals surface area contributed by atoms with Crippen LogP contribution in [-0.2, 0) is 34.8 Å². The summed E-state index contributed by atoms with van der Waals surface area (Å²) in [7, 11) is 0. The molecule has 1 saturated heterocycles. The number of rotatable bonds is 5. The molecule has 212 valence electrons. The second kappa shape index (κ2) is 9.75. The number of aliphatic hydroxyl groups excluding tert-OH is 1. The van der Waals surface area contributed by atoms with Crippen molar-refractivity contribution in [2.24, 2.45) is 11.8 Å². The fraction of sp³-hybridized carbons (Fsp3) is 0.516. The first kappa shape index (κ1) is 27.1. The molecule has 1 fully saturated rings. The number of aromatic nitrogens is 2. The van der Waals surface area contributed by atoms with Crippen LogP contribution in [0.1, 0.15) is 67.9 Å². The lowest BCUT2D eigenvalue weighted by atomic mass is 9.85. The van der Waals surface area contributed by atoms with Gasteiger partial charge in [0.1, 0.15) is 12.4 Å². The molecule has 8 nitrogen and oxygen atoms in total. The smallest absolute Gasteiger partial charge is 0.343 e. The van der Waals surface area contributed by atoms with Gasteiger partial charge < -0.3 is 19.5 Å². The second-order valence-corrected chi connectivity index (χ2v) is 12.0. The Kier molecular flexibility index (Phi) is 6.59. The lowest BCUT2D eigenvalue weighted by Gasteiger charge is -2.36. The topological polar surface area (TPSA) is 105 Å². The summed E-state index contributed by atoms with van der Waals surface area (Å²) in [6, 6.07) is 4.97. The maximum Gasteiger partial charge on any atom is 0.343 e. The molecule has 1 aromatic carbocycles. The van der Waals surface area contributed by atoms with Gasteiger partial charge in [-0.3, -0.25) is 9.69 Å². The van der Waals surface area contributed by atoms with Gasteiger partial charge in [-0.1, -0.05) is 20.8 Å². The molecule has 0 amide bonds. The monoisotopic (exact) mass is 549 g/mol. The zero-order chi connectivity index (χ0) is 28.5. The number of nitrogens with zero attached hydrogens (tertiary/aromatic N) is 3. The van der Waals surface area contributed by atoms with Crippen molar-refractivity contribution in [1.29, 1.82) is 0 Å². The fourth-order valence-electron chi connectivity index (χ4n) is 6.69. The van der Waals surface area contributed by atoms with Gasteiger partial charge in [-0.2, -0.15) is 0 Å². The molecule has 5 heterocycles. The standard InChI is InChI=1S/C31H36FN3O5/c1-5-31(39)23-11-26-27-21(14-35(26)29(37)22(23)15-40-30(31)38)20(19-10-17(4)24(32)12-25(19)33-27)13-34-8-6-18(7-9-34)28(36)16(2)3/h10-12,16,18,28,36,39H,5-9,13-15H2,1-4H3/t28?,31-/m0/s1. The lowest BCUT2D eigenvalue weighted by Crippen LogP contribution is -2.44. The molecule has 9 heteroatoms. The minimum atomic E-state index is -1.90. The number of halogens is 1. The van der Waals surface area contributed by atoms with Crippen molar-refractivity contribution in [1.82, 2.24) is 14.5 Å². The van der Waals surface area contributed by atoms with Crippen LogP contribution in [0.5, 0.6) is 0 Å². The van der Waals surface area contributed by atoms with Crippen LogP contribution in [-0.4, -0.2) is 49.8 Å². The number of piperidine rings is 1. The Morgan fingerprint density at radius 3 is 2.58 bits per heavy atom. The number of benzene rings is 1. The zero-order valence-electron chi connectivity index (χ0n) is 23.5. The van der Waals surface area contributed by atoms with Crippen LogP contribution in [0.15, 0.2) is 23.0 Å². The molecule has 2 aromatic heterocycles. The number of likely N-dealkylation sites (tertiary alicyclic amines) is 1. The highest BCUT2D eigenvalue weighted by Crippen LogP contribution is 2.41. The van der Waals surface area contributed by atoms with Gasteiger partial charge in [-0.05, 0) is 74.4 Å². The Hall–Kier alpha value is -3.14. The summed E-state index contributed by atoms with van der Waals surface area (Å²) in [5, 5.41) is 22.6. The van der Waals surface area contributed by atoms with E-state index in [-0.39, 0.29) is 53.5 Å². The summed E-state index contributed by atoms with van der Waals surface area (Å²) in [5.74, 6) is -0.626. The summed E-state index contributed by atoms with van der Waals surface area (Å²) >= 11 is 0. The Morgan fingerprint density at radius 2 is 1.90 bits per heavy atom. The largest absolute Gasteiger partial charge is 0.458 e. The third-order valence-electron chi connectivity index (χ3n) is 9.27. The first-order valence-electron chi connectivity index (χ1n) is 14.2. The Balaban J connectivity index is 1.46. The zero-order valence-corrected chi connectivity index (χ0v) is 23.5. The highest BCUT2D eigenvalue weighted by atomic mass is 19.1. The highest BCUT2D eigenvalue weighted by Gasteiger charge is 2.45. The molecule has 3 aromatic rings. The van der Waals surface area contributed by atoms with Gasteiger partial charge in [-0.15, -0.1) is 0 Å². The third-order valence-corrected chi connectivity index (χ3v) is 9.27. The van der Waals surface area contributed by atoms with Crippen molar-refractivity contribution in [3.8, 4) is 11.4 Å². The van der Waals surface area contributed by atoms with Crippen molar-refractivity contribution in [3.05, 3.63) is 62.2 Å². The van der Waals surface area contributed by atoms with Crippen molar-refractivity contribution in [2.45, 2.75) is 78.4 Å². The molecule has 3 aliphatic heterocycles. The van der Waals surface area contributed by atoms with E-state index >= 15 is 0 Å². The molecule has 0 bridgehead atoms. The van der Waals surface area contributed by atoms with E-state index in [9.17, 15) is 24.2 Å². The molecule has 3 aliphatic rings. The summed E-state index contributed by atoms with van der Waals surface area (Å²) in [4.78, 5) is 33.4. The number of carbonyl (C=O) groups excluding carboxylic acids is 1. The molecule has 0 radical (unpaired) electrons. The van der Waals surface area contributed by atoms with E-state index in [0.717, 1.165) is 42.4 Å². The van der Waals surface area contributed by atoms with Crippen LogP contribution in [0.25, 0.3) is 22.3 Å². The van der Waals surface area contributed by atoms with E-state index in [2.05, 4.69) is 4.90 Å². The average Bonchev–Trinajstić information content (AvgIpc) is 3.30. The van der Waals surface area contributed by atoms with Crippen LogP contribution < -0.4 is 5.56 Å². The van der Waals surface area contributed by atoms with Crippen LogP contribution in [0, 0.1) is 24.6 Å². The molecule has 2 atom stereocenters. The number of aryl methyl sites for hydroxylation is 1. The second-order valence-electron chi connectivity index (χ2n) is 12.0. The van der Waals surface area contributed by atoms with Gasteiger partial charge in [0.05, 0.1) is 35.1 Å². The van der Waals surface area contributed by atoms with Crippen LogP contribution in [0.3, 0.4) is 0 Å². The molecule has 0 saturated carbocycles. The van der Waals surface area contributed by atoms with Crippen LogP contribution in [0.4, 0.5) is 4.39 Å². The van der Waals surface area contributed by atoms with Gasteiger partial charge in [0.2, 0.25) is 0 Å². The molecular formula is C31H36FN3O5. The van der Waals surface area contributed by atoms with E-state index < -0.39 is 11.6 Å². The number of cyclic esters (lactones) is 1. The van der Waals surface area contributed by atoms with Gasteiger partial charge in [0.25, 0.3) is 5.56 Å². The molecule has 40 heavy (non-hydrogen) atoms. The van der Waals surface area contributed by atoms with Crippen molar-refractivity contribution < 1.29 is 24.1 Å². The number of fused-ring (bicyclic) bond motifs is 5. The van der Waals surface area contributed by atoms with Gasteiger partial charge in [0.15, 0.2) is 5.60 Å². The maximum atomic E-state index is 14.7. The van der Waals surface area contributed by atoms with Gasteiger partial charge in [-0.25, -0.2) is 14.2 Å². The number of pyridine rings is 2. The summed E-state index contributed by atoms with van der Waals surface area (Å²) in [6.07, 6.45) is 1.54. The predicted octanol–water partition coefficient (Wildman–Crippen LogP) is 3.76. The normalized spacial score (nSPS) is 21.9. The summed E-state index contributed by atoms with van der Waals surface area (Å²) < 4.78 is 21.6. The van der Waals surface area contributed by atoms with E-state index in [1.807, 2.05) is 19.9 Å². The number of hydrogen-bond donors (Lipinski definition) is 2. The third kappa shape index (κ3) is 4.09. The van der Waals surface area contributed by atoms with Crippen molar-refractivity contribution >= 4 is 16.9 Å². The first-order chi connectivity index (χ1) is 19.0. The Bertz CT molecular complexity index is 1590. The van der Waals surface area contributed by atoms with Gasteiger partial charge in [0, 0.05) is 29.1 Å². The van der Waals surface area contributed by atoms with E-state index in [1.165, 1.54) is 6.07 Å². The number of esters is 1. The summed E-state index contributed by atoms with van der Waals surface area (Å²) in [6.45, 7) is 9.89. The molecule has 2 N–H and O–H groups in total. The lowest BCUT2D eigenvalue weighted by molar-refractivity contribution is -0.172. The molecular weight excluding hydrogens is 513 g/mol. The predicted molar refractivity (Wildman–Crippen MR) is 148 cm³/mol. The van der Waals surface area contributed by atoms with E-state index in [4.69, 9.17) is 9.72 Å². The SMILES string of the molecule is CC[C@@]1(O)C(=O)OCc2c1cc1n(c2=O)Cc2c-1nc1cc(F)c(C)cc1c2CN1CCC(C(O)C(C)C)CC1. The van der Waals surface area contributed by atoms with Gasteiger partial charge >= 0.3 is 5.97 Å². The van der Waals surface area contributed by atoms with Crippen LogP contribution in [0.2, 0.25) is 0 Å². The minimum absolute atomic E-state index is 0.0664. The molecule has 0 spiro atoms.